The van der Waals surface area contributed by atoms with E-state index in [9.17, 15) is 4.39 Å². The number of nitrogen functional groups attached to an aromatic ring is 1. The van der Waals surface area contributed by atoms with Crippen LogP contribution in [-0.4, -0.2) is 34.1 Å². The van der Waals surface area contributed by atoms with Crippen molar-refractivity contribution < 1.29 is 4.39 Å². The monoisotopic (exact) mass is 260 g/mol. The number of hydrogen-bond acceptors (Lipinski definition) is 3. The van der Waals surface area contributed by atoms with Crippen LogP contribution in [0.3, 0.4) is 0 Å². The van der Waals surface area contributed by atoms with Crippen LogP contribution in [0.4, 0.5) is 10.3 Å². The third-order valence-electron chi connectivity index (χ3n) is 4.65. The molecule has 4 heterocycles. The molecule has 0 aliphatic carbocycles. The van der Waals surface area contributed by atoms with Crippen molar-refractivity contribution >= 4 is 17.0 Å². The summed E-state index contributed by atoms with van der Waals surface area (Å²) in [4.78, 5) is 6.69. The number of para-hydroxylation sites is 1. The molecule has 3 aliphatic rings. The number of anilines is 1. The van der Waals surface area contributed by atoms with Crippen molar-refractivity contribution in [2.45, 2.75) is 18.9 Å². The molecule has 2 aromatic rings. The zero-order chi connectivity index (χ0) is 13.0. The SMILES string of the molecule is Nc1nc2c(F)cccc2n1C1CN2CCC1CC2. The summed E-state index contributed by atoms with van der Waals surface area (Å²) in [6, 6.07) is 5.43. The molecule has 100 valence electrons. The second-order valence-electron chi connectivity index (χ2n) is 5.65. The van der Waals surface area contributed by atoms with Crippen molar-refractivity contribution in [1.29, 1.82) is 0 Å². The zero-order valence-corrected chi connectivity index (χ0v) is 10.7. The number of hydrogen-bond donors (Lipinski definition) is 1. The van der Waals surface area contributed by atoms with Gasteiger partial charge in [-0.3, -0.25) is 0 Å². The van der Waals surface area contributed by atoms with Crippen LogP contribution in [0.2, 0.25) is 0 Å². The number of benzene rings is 1. The number of nitrogens with zero attached hydrogens (tertiary/aromatic N) is 3. The number of fused-ring (bicyclic) bond motifs is 4. The maximum atomic E-state index is 13.8. The predicted molar refractivity (Wildman–Crippen MR) is 72.3 cm³/mol. The van der Waals surface area contributed by atoms with Crippen LogP contribution in [0.25, 0.3) is 11.0 Å². The van der Waals surface area contributed by atoms with Crippen LogP contribution < -0.4 is 5.73 Å². The molecule has 3 fully saturated rings. The van der Waals surface area contributed by atoms with Crippen molar-refractivity contribution in [3.05, 3.63) is 24.0 Å². The minimum Gasteiger partial charge on any atom is -0.369 e. The Kier molecular flexibility index (Phi) is 2.33. The summed E-state index contributed by atoms with van der Waals surface area (Å²) in [5.41, 5.74) is 7.28. The van der Waals surface area contributed by atoms with Crippen molar-refractivity contribution in [1.82, 2.24) is 14.5 Å². The van der Waals surface area contributed by atoms with E-state index < -0.39 is 0 Å². The normalized spacial score (nSPS) is 30.1. The minimum absolute atomic E-state index is 0.288. The lowest BCUT2D eigenvalue weighted by atomic mass is 9.84. The summed E-state index contributed by atoms with van der Waals surface area (Å²) >= 11 is 0. The van der Waals surface area contributed by atoms with E-state index >= 15 is 0 Å². The molecule has 1 aromatic carbocycles. The second-order valence-corrected chi connectivity index (χ2v) is 5.65. The fourth-order valence-electron chi connectivity index (χ4n) is 3.68. The van der Waals surface area contributed by atoms with E-state index in [1.165, 1.54) is 32.0 Å². The number of halogens is 1. The van der Waals surface area contributed by atoms with Crippen LogP contribution >= 0.6 is 0 Å². The topological polar surface area (TPSA) is 47.1 Å². The highest BCUT2D eigenvalue weighted by Crippen LogP contribution is 2.38. The third-order valence-corrected chi connectivity index (χ3v) is 4.65. The van der Waals surface area contributed by atoms with Gasteiger partial charge in [-0.2, -0.15) is 0 Å². The Morgan fingerprint density at radius 2 is 2.05 bits per heavy atom. The largest absolute Gasteiger partial charge is 0.369 e. The molecular weight excluding hydrogens is 243 g/mol. The first kappa shape index (κ1) is 11.2. The van der Waals surface area contributed by atoms with Crippen LogP contribution in [0, 0.1) is 11.7 Å². The summed E-state index contributed by atoms with van der Waals surface area (Å²) in [6.45, 7) is 3.38. The molecule has 19 heavy (non-hydrogen) atoms. The molecule has 5 heteroatoms. The first-order valence-electron chi connectivity index (χ1n) is 6.88. The Labute approximate surface area is 111 Å². The van der Waals surface area contributed by atoms with E-state index in [-0.39, 0.29) is 5.82 Å². The maximum Gasteiger partial charge on any atom is 0.201 e. The molecule has 2 bridgehead atoms. The molecule has 0 amide bonds. The van der Waals surface area contributed by atoms with Crippen LogP contribution in [-0.2, 0) is 0 Å². The molecule has 5 rings (SSSR count). The molecule has 0 radical (unpaired) electrons. The van der Waals surface area contributed by atoms with Gasteiger partial charge in [-0.15, -0.1) is 0 Å². The Morgan fingerprint density at radius 3 is 2.74 bits per heavy atom. The third kappa shape index (κ3) is 1.57. The van der Waals surface area contributed by atoms with Gasteiger partial charge in [-0.05, 0) is 44.0 Å². The summed E-state index contributed by atoms with van der Waals surface area (Å²) < 4.78 is 15.8. The van der Waals surface area contributed by atoms with Crippen molar-refractivity contribution in [3.63, 3.8) is 0 Å². The fourth-order valence-corrected chi connectivity index (χ4v) is 3.68. The van der Waals surface area contributed by atoms with Crippen LogP contribution in [0.15, 0.2) is 18.2 Å². The predicted octanol–water partition coefficient (Wildman–Crippen LogP) is 2.02. The molecule has 0 saturated carbocycles. The number of nitrogens with two attached hydrogens (primary N) is 1. The van der Waals surface area contributed by atoms with Gasteiger partial charge in [0, 0.05) is 6.54 Å². The first-order valence-corrected chi connectivity index (χ1v) is 6.88. The molecule has 4 nitrogen and oxygen atoms in total. The van der Waals surface area contributed by atoms with Gasteiger partial charge < -0.3 is 15.2 Å². The maximum absolute atomic E-state index is 13.8. The van der Waals surface area contributed by atoms with Gasteiger partial charge >= 0.3 is 0 Å². The quantitative estimate of drug-likeness (QED) is 0.853. The molecular formula is C14H17FN4. The van der Waals surface area contributed by atoms with Gasteiger partial charge in [0.2, 0.25) is 5.95 Å². The van der Waals surface area contributed by atoms with Gasteiger partial charge in [-0.1, -0.05) is 6.07 Å². The van der Waals surface area contributed by atoms with Crippen molar-refractivity contribution in [2.75, 3.05) is 25.4 Å². The van der Waals surface area contributed by atoms with Gasteiger partial charge in [0.15, 0.2) is 5.82 Å². The summed E-state index contributed by atoms with van der Waals surface area (Å²) in [5, 5.41) is 0. The Hall–Kier alpha value is -1.62. The fraction of sp³-hybridized carbons (Fsp3) is 0.500. The Morgan fingerprint density at radius 1 is 1.26 bits per heavy atom. The summed E-state index contributed by atoms with van der Waals surface area (Å²) in [7, 11) is 0. The number of rotatable bonds is 1. The minimum atomic E-state index is -0.288. The van der Waals surface area contributed by atoms with E-state index in [0.29, 0.717) is 23.4 Å². The Bertz CT molecular complexity index is 628. The van der Waals surface area contributed by atoms with Crippen LogP contribution in [0.1, 0.15) is 18.9 Å². The molecule has 1 unspecified atom stereocenters. The lowest BCUT2D eigenvalue weighted by molar-refractivity contribution is 0.0598. The molecule has 1 atom stereocenters. The highest BCUT2D eigenvalue weighted by Gasteiger charge is 2.36. The Balaban J connectivity index is 1.87. The van der Waals surface area contributed by atoms with E-state index in [2.05, 4.69) is 14.5 Å². The summed E-state index contributed by atoms with van der Waals surface area (Å²) in [6.07, 6.45) is 2.41. The molecule has 2 N–H and O–H groups in total. The van der Waals surface area contributed by atoms with Gasteiger partial charge in [-0.25, -0.2) is 9.37 Å². The average molecular weight is 260 g/mol. The van der Waals surface area contributed by atoms with Crippen molar-refractivity contribution in [2.24, 2.45) is 5.92 Å². The molecule has 1 aromatic heterocycles. The van der Waals surface area contributed by atoms with Gasteiger partial charge in [0.25, 0.3) is 0 Å². The van der Waals surface area contributed by atoms with E-state index in [4.69, 9.17) is 5.73 Å². The number of aromatic nitrogens is 2. The standard InChI is InChI=1S/C14H17FN4/c15-10-2-1-3-11-13(10)17-14(16)19(11)12-8-18-6-4-9(12)5-7-18/h1-3,9,12H,4-8H2,(H2,16,17). The van der Waals surface area contributed by atoms with E-state index in [1.54, 1.807) is 6.07 Å². The van der Waals surface area contributed by atoms with E-state index in [1.807, 2.05) is 6.07 Å². The lowest BCUT2D eigenvalue weighted by Gasteiger charge is -2.45. The zero-order valence-electron chi connectivity index (χ0n) is 10.7. The average Bonchev–Trinajstić information content (AvgIpc) is 2.78. The lowest BCUT2D eigenvalue weighted by Crippen LogP contribution is -2.48. The molecule has 3 saturated heterocycles. The number of piperidine rings is 3. The highest BCUT2D eigenvalue weighted by molar-refractivity contribution is 5.79. The molecule has 0 spiro atoms. The van der Waals surface area contributed by atoms with Gasteiger partial charge in [0.05, 0.1) is 11.6 Å². The second kappa shape index (κ2) is 3.93. The van der Waals surface area contributed by atoms with Gasteiger partial charge in [0.1, 0.15) is 5.52 Å². The van der Waals surface area contributed by atoms with Crippen molar-refractivity contribution in [3.8, 4) is 0 Å². The van der Waals surface area contributed by atoms with Crippen LogP contribution in [0.5, 0.6) is 0 Å². The smallest absolute Gasteiger partial charge is 0.201 e. The highest BCUT2D eigenvalue weighted by atomic mass is 19.1. The molecule has 3 aliphatic heterocycles. The number of imidazole rings is 1. The van der Waals surface area contributed by atoms with E-state index in [0.717, 1.165) is 12.1 Å². The first-order chi connectivity index (χ1) is 9.24. The summed E-state index contributed by atoms with van der Waals surface area (Å²) in [5.74, 6) is 0.802.